The van der Waals surface area contributed by atoms with Crippen molar-refractivity contribution in [3.63, 3.8) is 0 Å². The van der Waals surface area contributed by atoms with E-state index >= 15 is 0 Å². The Morgan fingerprint density at radius 3 is 2.00 bits per heavy atom. The fourth-order valence-corrected chi connectivity index (χ4v) is 0. The average molecular weight is 76.1 g/mol. The first-order valence-electron chi connectivity index (χ1n) is 1.39. The van der Waals surface area contributed by atoms with Crippen LogP contribution in [0.5, 0.6) is 0 Å². The van der Waals surface area contributed by atoms with E-state index in [0.717, 1.165) is 0 Å². The molecular weight excluding hydrogens is 69.0 g/mol. The van der Waals surface area contributed by atoms with Gasteiger partial charge in [0.1, 0.15) is 0 Å². The minimum absolute atomic E-state index is 0.250. The molecular formula is C3H7O2. The quantitative estimate of drug-likeness (QED) is 0.400. The highest BCUT2D eigenvalue weighted by molar-refractivity contribution is 4.49. The number of aliphatic hydroxyl groups excluding tert-OH is 2. The molecule has 0 amide bonds. The predicted molar refractivity (Wildman–Crippen MR) is 18.4 cm³/mol. The molecule has 2 nitrogen and oxygen atoms in total. The molecule has 0 bridgehead atoms. The molecule has 0 aromatic rings. The molecule has 1 unspecified atom stereocenters. The highest BCUT2D eigenvalue weighted by Gasteiger charge is 1.83. The van der Waals surface area contributed by atoms with Gasteiger partial charge in [0, 0.05) is 0 Å². The van der Waals surface area contributed by atoms with Gasteiger partial charge in [0.05, 0.1) is 12.7 Å². The first kappa shape index (κ1) is 4.92. The Hall–Kier alpha value is -0.0800. The number of hydrogen-bond acceptors (Lipinski definition) is 2. The SMILES string of the molecule is [CH2][13CH](O)CO. The predicted octanol–water partition coefficient (Wildman–Crippen LogP) is -0.826. The van der Waals surface area contributed by atoms with Gasteiger partial charge in [-0.2, -0.15) is 0 Å². The summed E-state index contributed by atoms with van der Waals surface area (Å²) in [7, 11) is 0. The Morgan fingerprint density at radius 2 is 2.00 bits per heavy atom. The van der Waals surface area contributed by atoms with Crippen molar-refractivity contribution in [3.8, 4) is 0 Å². The summed E-state index contributed by atoms with van der Waals surface area (Å²) in [5, 5.41) is 15.8. The third-order valence-corrected chi connectivity index (χ3v) is 0.211. The van der Waals surface area contributed by atoms with Gasteiger partial charge in [-0.25, -0.2) is 0 Å². The van der Waals surface area contributed by atoms with Gasteiger partial charge in [-0.15, -0.1) is 0 Å². The molecule has 31 valence electrons. The van der Waals surface area contributed by atoms with E-state index in [-0.39, 0.29) is 6.61 Å². The maximum atomic E-state index is 8.00. The van der Waals surface area contributed by atoms with Crippen molar-refractivity contribution >= 4 is 0 Å². The van der Waals surface area contributed by atoms with E-state index < -0.39 is 6.10 Å². The van der Waals surface area contributed by atoms with Crippen LogP contribution in [0.15, 0.2) is 0 Å². The number of aliphatic hydroxyl groups is 2. The topological polar surface area (TPSA) is 40.5 Å². The molecule has 0 aliphatic carbocycles. The fraction of sp³-hybridized carbons (Fsp3) is 0.667. The second kappa shape index (κ2) is 2.18. The maximum absolute atomic E-state index is 8.00. The Morgan fingerprint density at radius 1 is 1.80 bits per heavy atom. The summed E-state index contributed by atoms with van der Waals surface area (Å²) in [6.07, 6.45) is -0.810. The summed E-state index contributed by atoms with van der Waals surface area (Å²) in [6, 6.07) is 0. The van der Waals surface area contributed by atoms with Crippen LogP contribution in [0.25, 0.3) is 0 Å². The smallest absolute Gasteiger partial charge is 0.0771 e. The molecule has 2 N–H and O–H groups in total. The Bertz CT molecular complexity index is 18.9. The van der Waals surface area contributed by atoms with Crippen LogP contribution in [-0.4, -0.2) is 22.9 Å². The molecule has 1 radical (unpaired) electrons. The summed E-state index contributed by atoms with van der Waals surface area (Å²) < 4.78 is 0. The zero-order valence-electron chi connectivity index (χ0n) is 2.89. The van der Waals surface area contributed by atoms with Crippen LogP contribution in [-0.2, 0) is 0 Å². The van der Waals surface area contributed by atoms with Crippen molar-refractivity contribution in [3.05, 3.63) is 6.92 Å². The molecule has 0 rings (SSSR count). The summed E-state index contributed by atoms with van der Waals surface area (Å²) in [5.41, 5.74) is 0. The molecule has 0 fully saturated rings. The Kier molecular flexibility index (Phi) is 2.14. The lowest BCUT2D eigenvalue weighted by Crippen LogP contribution is -2.04. The van der Waals surface area contributed by atoms with Gasteiger partial charge in [-0.1, -0.05) is 0 Å². The summed E-state index contributed by atoms with van der Waals surface area (Å²) >= 11 is 0. The average Bonchev–Trinajstić information content (AvgIpc) is 1.38. The van der Waals surface area contributed by atoms with Crippen LogP contribution in [0.4, 0.5) is 0 Å². The van der Waals surface area contributed by atoms with Crippen LogP contribution in [0, 0.1) is 6.92 Å². The fourth-order valence-electron chi connectivity index (χ4n) is 0. The maximum Gasteiger partial charge on any atom is 0.0771 e. The third-order valence-electron chi connectivity index (χ3n) is 0.211. The van der Waals surface area contributed by atoms with Gasteiger partial charge in [-0.05, 0) is 6.92 Å². The van der Waals surface area contributed by atoms with Gasteiger partial charge in [0.25, 0.3) is 0 Å². The molecule has 0 aromatic heterocycles. The lowest BCUT2D eigenvalue weighted by atomic mass is 10.9. The molecule has 1 atom stereocenters. The van der Waals surface area contributed by atoms with Crippen LogP contribution >= 0.6 is 0 Å². The summed E-state index contributed by atoms with van der Waals surface area (Å²) in [5.74, 6) is 0. The second-order valence-corrected chi connectivity index (χ2v) is 0.836. The van der Waals surface area contributed by atoms with Gasteiger partial charge in [0.2, 0.25) is 0 Å². The third kappa shape index (κ3) is 3.92. The van der Waals surface area contributed by atoms with Crippen LogP contribution in [0.1, 0.15) is 0 Å². The van der Waals surface area contributed by atoms with E-state index in [4.69, 9.17) is 10.2 Å². The minimum atomic E-state index is -0.810. The molecule has 5 heavy (non-hydrogen) atoms. The van der Waals surface area contributed by atoms with Gasteiger partial charge in [0.15, 0.2) is 0 Å². The lowest BCUT2D eigenvalue weighted by molar-refractivity contribution is 0.129. The van der Waals surface area contributed by atoms with Gasteiger partial charge < -0.3 is 10.2 Å². The van der Waals surface area contributed by atoms with E-state index in [9.17, 15) is 0 Å². The summed E-state index contributed by atoms with van der Waals surface area (Å²) in [4.78, 5) is 0. The van der Waals surface area contributed by atoms with E-state index in [1.165, 1.54) is 0 Å². The molecule has 0 saturated carbocycles. The van der Waals surface area contributed by atoms with E-state index in [1.54, 1.807) is 0 Å². The van der Waals surface area contributed by atoms with Crippen molar-refractivity contribution in [1.82, 2.24) is 0 Å². The van der Waals surface area contributed by atoms with Crippen molar-refractivity contribution in [1.29, 1.82) is 0 Å². The zero-order valence-corrected chi connectivity index (χ0v) is 2.89. The van der Waals surface area contributed by atoms with Crippen molar-refractivity contribution in [2.24, 2.45) is 0 Å². The van der Waals surface area contributed by atoms with Gasteiger partial charge >= 0.3 is 0 Å². The molecule has 0 saturated heterocycles. The molecule has 0 aromatic carbocycles. The van der Waals surface area contributed by atoms with E-state index in [2.05, 4.69) is 6.92 Å². The highest BCUT2D eigenvalue weighted by Crippen LogP contribution is 1.67. The minimum Gasteiger partial charge on any atom is -0.394 e. The largest absolute Gasteiger partial charge is 0.394 e. The lowest BCUT2D eigenvalue weighted by Gasteiger charge is -1.89. The van der Waals surface area contributed by atoms with Crippen LogP contribution in [0.2, 0.25) is 0 Å². The molecule has 0 aliphatic heterocycles. The first-order valence-corrected chi connectivity index (χ1v) is 1.39. The summed E-state index contributed by atoms with van der Waals surface area (Å²) in [6.45, 7) is 2.81. The Balaban J connectivity index is 2.54. The molecule has 0 aliphatic rings. The Labute approximate surface area is 31.1 Å². The zero-order chi connectivity index (χ0) is 4.28. The normalized spacial score (nSPS) is 15.0. The standard InChI is InChI=1S/C3H7O2/c1-3(5)2-4/h3-5H,1-2H2/i3+1. The highest BCUT2D eigenvalue weighted by atomic mass is 16.4. The van der Waals surface area contributed by atoms with Crippen molar-refractivity contribution in [2.75, 3.05) is 6.61 Å². The number of rotatable bonds is 1. The second-order valence-electron chi connectivity index (χ2n) is 0.836. The molecule has 0 spiro atoms. The van der Waals surface area contributed by atoms with E-state index in [0.29, 0.717) is 0 Å². The van der Waals surface area contributed by atoms with Crippen molar-refractivity contribution in [2.45, 2.75) is 6.10 Å². The molecule has 2 heteroatoms. The van der Waals surface area contributed by atoms with Crippen LogP contribution in [0.3, 0.4) is 0 Å². The van der Waals surface area contributed by atoms with E-state index in [1.807, 2.05) is 0 Å². The number of hydrogen-bond donors (Lipinski definition) is 2. The van der Waals surface area contributed by atoms with Gasteiger partial charge in [-0.3, -0.25) is 0 Å². The van der Waals surface area contributed by atoms with Crippen LogP contribution < -0.4 is 0 Å². The monoisotopic (exact) mass is 76.0 g/mol. The van der Waals surface area contributed by atoms with Crippen molar-refractivity contribution < 1.29 is 10.2 Å². The molecule has 0 heterocycles. The first-order chi connectivity index (χ1) is 2.27.